The molecule has 0 aromatic rings. The zero-order valence-electron chi connectivity index (χ0n) is 11.0. The Morgan fingerprint density at radius 1 is 1.50 bits per heavy atom. The topological polar surface area (TPSA) is 46.5 Å². The summed E-state index contributed by atoms with van der Waals surface area (Å²) in [6.45, 7) is 10.2. The zero-order valence-corrected chi connectivity index (χ0v) is 11.0. The number of carbonyl (C=O) groups is 1. The van der Waals surface area contributed by atoms with E-state index in [4.69, 9.17) is 4.74 Å². The van der Waals surface area contributed by atoms with E-state index in [1.807, 2.05) is 27.7 Å². The number of ether oxygens (including phenoxy) is 1. The van der Waals surface area contributed by atoms with Crippen molar-refractivity contribution < 1.29 is 14.6 Å². The maximum Gasteiger partial charge on any atom is 0.311 e. The highest BCUT2D eigenvalue weighted by Gasteiger charge is 2.58. The lowest BCUT2D eigenvalue weighted by Gasteiger charge is -2.43. The van der Waals surface area contributed by atoms with Crippen molar-refractivity contribution in [2.45, 2.75) is 53.1 Å². The van der Waals surface area contributed by atoms with E-state index >= 15 is 0 Å². The average Bonchev–Trinajstić information content (AvgIpc) is 2.40. The first-order chi connectivity index (χ1) is 7.27. The van der Waals surface area contributed by atoms with Crippen molar-refractivity contribution in [3.8, 4) is 0 Å². The van der Waals surface area contributed by atoms with Crippen LogP contribution in [0.4, 0.5) is 0 Å². The molecule has 0 amide bonds. The van der Waals surface area contributed by atoms with Gasteiger partial charge < -0.3 is 9.84 Å². The smallest absolute Gasteiger partial charge is 0.311 e. The summed E-state index contributed by atoms with van der Waals surface area (Å²) in [4.78, 5) is 11.9. The van der Waals surface area contributed by atoms with Gasteiger partial charge in [0, 0.05) is 0 Å². The largest absolute Gasteiger partial charge is 0.466 e. The van der Waals surface area contributed by atoms with E-state index in [0.717, 1.165) is 12.8 Å². The van der Waals surface area contributed by atoms with E-state index in [9.17, 15) is 9.90 Å². The summed E-state index contributed by atoms with van der Waals surface area (Å²) in [6, 6.07) is 0. The van der Waals surface area contributed by atoms with Gasteiger partial charge in [0.25, 0.3) is 0 Å². The van der Waals surface area contributed by atoms with Gasteiger partial charge in [-0.25, -0.2) is 0 Å². The maximum atomic E-state index is 11.9. The molecule has 0 bridgehead atoms. The summed E-state index contributed by atoms with van der Waals surface area (Å²) in [5.74, 6) is -0.564. The molecule has 0 spiro atoms. The Morgan fingerprint density at radius 2 is 2.06 bits per heavy atom. The minimum atomic E-state index is -0.945. The van der Waals surface area contributed by atoms with Crippen LogP contribution >= 0.6 is 0 Å². The summed E-state index contributed by atoms with van der Waals surface area (Å²) in [7, 11) is 0. The average molecular weight is 228 g/mol. The first-order valence-corrected chi connectivity index (χ1v) is 6.16. The number of aliphatic hydroxyl groups is 1. The molecular weight excluding hydrogens is 204 g/mol. The van der Waals surface area contributed by atoms with Gasteiger partial charge >= 0.3 is 5.97 Å². The van der Waals surface area contributed by atoms with E-state index in [1.165, 1.54) is 0 Å². The molecular formula is C13H24O3. The molecule has 0 aromatic carbocycles. The Balaban J connectivity index is 2.99. The first kappa shape index (κ1) is 13.5. The molecule has 1 rings (SSSR count). The standard InChI is InChI=1S/C13H24O3/c1-6-16-11(14)10-7-8-12(4,5)13(10,15)9(2)3/h9-10,15H,6-8H2,1-5H3/t10-,13+/m1/s1. The van der Waals surface area contributed by atoms with Gasteiger partial charge in [-0.1, -0.05) is 27.7 Å². The van der Waals surface area contributed by atoms with Crippen LogP contribution in [0.1, 0.15) is 47.5 Å². The van der Waals surface area contributed by atoms with Gasteiger partial charge in [0.05, 0.1) is 18.1 Å². The monoisotopic (exact) mass is 228 g/mol. The van der Waals surface area contributed by atoms with Crippen LogP contribution in [-0.4, -0.2) is 23.3 Å². The van der Waals surface area contributed by atoms with Gasteiger partial charge in [0.1, 0.15) is 0 Å². The highest BCUT2D eigenvalue weighted by atomic mass is 16.5. The number of rotatable bonds is 3. The molecule has 0 radical (unpaired) electrons. The molecule has 0 aromatic heterocycles. The second kappa shape index (κ2) is 4.36. The molecule has 0 unspecified atom stereocenters. The molecule has 1 saturated carbocycles. The van der Waals surface area contributed by atoms with E-state index in [-0.39, 0.29) is 23.2 Å². The molecule has 16 heavy (non-hydrogen) atoms. The molecule has 1 aliphatic rings. The van der Waals surface area contributed by atoms with Crippen molar-refractivity contribution in [2.24, 2.45) is 17.3 Å². The fraction of sp³-hybridized carbons (Fsp3) is 0.923. The molecule has 2 atom stereocenters. The molecule has 1 fully saturated rings. The normalized spacial score (nSPS) is 33.1. The summed E-state index contributed by atoms with van der Waals surface area (Å²) in [5, 5.41) is 10.9. The van der Waals surface area contributed by atoms with Crippen LogP contribution < -0.4 is 0 Å². The van der Waals surface area contributed by atoms with Crippen molar-refractivity contribution in [1.82, 2.24) is 0 Å². The van der Waals surface area contributed by atoms with Crippen LogP contribution in [0, 0.1) is 17.3 Å². The van der Waals surface area contributed by atoms with Crippen LogP contribution in [0.2, 0.25) is 0 Å². The van der Waals surface area contributed by atoms with Crippen molar-refractivity contribution in [1.29, 1.82) is 0 Å². The Labute approximate surface area is 98.2 Å². The fourth-order valence-electron chi connectivity index (χ4n) is 3.12. The molecule has 94 valence electrons. The Morgan fingerprint density at radius 3 is 2.50 bits per heavy atom. The van der Waals surface area contributed by atoms with Crippen LogP contribution in [-0.2, 0) is 9.53 Å². The van der Waals surface area contributed by atoms with Gasteiger partial charge in [-0.15, -0.1) is 0 Å². The second-order valence-electron chi connectivity index (χ2n) is 5.71. The van der Waals surface area contributed by atoms with Crippen LogP contribution in [0.5, 0.6) is 0 Å². The Hall–Kier alpha value is -0.570. The lowest BCUT2D eigenvalue weighted by Crippen LogP contribution is -2.52. The third-order valence-electron chi connectivity index (χ3n) is 4.12. The molecule has 3 nitrogen and oxygen atoms in total. The third-order valence-corrected chi connectivity index (χ3v) is 4.12. The van der Waals surface area contributed by atoms with E-state index in [1.54, 1.807) is 6.92 Å². The van der Waals surface area contributed by atoms with Gasteiger partial charge in [0.2, 0.25) is 0 Å². The summed E-state index contributed by atoms with van der Waals surface area (Å²) in [5.41, 5.74) is -1.17. The number of hydrogen-bond donors (Lipinski definition) is 1. The summed E-state index contributed by atoms with van der Waals surface area (Å²) in [6.07, 6.45) is 1.59. The minimum Gasteiger partial charge on any atom is -0.466 e. The second-order valence-corrected chi connectivity index (χ2v) is 5.71. The fourth-order valence-corrected chi connectivity index (χ4v) is 3.12. The highest BCUT2D eigenvalue weighted by Crippen LogP contribution is 2.53. The Kier molecular flexibility index (Phi) is 3.68. The van der Waals surface area contributed by atoms with Crippen LogP contribution in [0.25, 0.3) is 0 Å². The summed E-state index contributed by atoms with van der Waals surface area (Å²) >= 11 is 0. The predicted molar refractivity (Wildman–Crippen MR) is 62.9 cm³/mol. The Bertz CT molecular complexity index is 270. The van der Waals surface area contributed by atoms with Gasteiger partial charge in [-0.2, -0.15) is 0 Å². The lowest BCUT2D eigenvalue weighted by atomic mass is 9.68. The minimum absolute atomic E-state index is 0.0550. The number of carbonyl (C=O) groups excluding carboxylic acids is 1. The maximum absolute atomic E-state index is 11.9. The molecule has 3 heteroatoms. The predicted octanol–water partition coefficient (Wildman–Crippen LogP) is 2.37. The zero-order chi connectivity index (χ0) is 12.6. The molecule has 0 heterocycles. The van der Waals surface area contributed by atoms with Crippen LogP contribution in [0.3, 0.4) is 0 Å². The van der Waals surface area contributed by atoms with Gasteiger partial charge in [-0.3, -0.25) is 4.79 Å². The quantitative estimate of drug-likeness (QED) is 0.754. The summed E-state index contributed by atoms with van der Waals surface area (Å²) < 4.78 is 5.07. The molecule has 0 aliphatic heterocycles. The van der Waals surface area contributed by atoms with Gasteiger partial charge in [0.15, 0.2) is 0 Å². The van der Waals surface area contributed by atoms with Gasteiger partial charge in [-0.05, 0) is 31.1 Å². The molecule has 0 saturated heterocycles. The van der Waals surface area contributed by atoms with E-state index < -0.39 is 5.60 Å². The highest BCUT2D eigenvalue weighted by molar-refractivity contribution is 5.74. The van der Waals surface area contributed by atoms with Crippen molar-refractivity contribution in [3.05, 3.63) is 0 Å². The van der Waals surface area contributed by atoms with Crippen LogP contribution in [0.15, 0.2) is 0 Å². The molecule has 1 aliphatic carbocycles. The lowest BCUT2D eigenvalue weighted by molar-refractivity contribution is -0.168. The van der Waals surface area contributed by atoms with Crippen molar-refractivity contribution in [2.75, 3.05) is 6.61 Å². The molecule has 1 N–H and O–H groups in total. The van der Waals surface area contributed by atoms with Crippen molar-refractivity contribution in [3.63, 3.8) is 0 Å². The number of esters is 1. The first-order valence-electron chi connectivity index (χ1n) is 6.16. The van der Waals surface area contributed by atoms with E-state index in [0.29, 0.717) is 6.61 Å². The number of hydrogen-bond acceptors (Lipinski definition) is 3. The SMILES string of the molecule is CCOC(=O)[C@H]1CCC(C)(C)[C@]1(O)C(C)C. The third kappa shape index (κ3) is 1.86. The van der Waals surface area contributed by atoms with E-state index in [2.05, 4.69) is 0 Å². The van der Waals surface area contributed by atoms with Crippen molar-refractivity contribution >= 4 is 5.97 Å².